The molecule has 0 amide bonds. The molecule has 0 spiro atoms. The lowest BCUT2D eigenvalue weighted by atomic mass is 10.1. The van der Waals surface area contributed by atoms with Gasteiger partial charge in [-0.3, -0.25) is 0 Å². The molecule has 5 aromatic rings. The van der Waals surface area contributed by atoms with Crippen molar-refractivity contribution in [3.63, 3.8) is 0 Å². The maximum Gasteiger partial charge on any atom is -0.0155 e. The van der Waals surface area contributed by atoms with Gasteiger partial charge in [-0.05, 0) is 57.9 Å². The molecule has 0 nitrogen and oxygen atoms in total. The average Bonchev–Trinajstić information content (AvgIpc) is 2.96. The molecule has 0 heterocycles. The summed E-state index contributed by atoms with van der Waals surface area (Å²) in [5.41, 5.74) is 7.99. The molecule has 0 fully saturated rings. The molecular weight excluding hydrogens is 480 g/mol. The van der Waals surface area contributed by atoms with Crippen LogP contribution in [0.5, 0.6) is 0 Å². The van der Waals surface area contributed by atoms with Crippen LogP contribution in [0.1, 0.15) is 75.9 Å². The number of benzene rings is 5. The first-order valence-corrected chi connectivity index (χ1v) is 13.9. The van der Waals surface area contributed by atoms with Crippen LogP contribution in [-0.2, 0) is 0 Å². The van der Waals surface area contributed by atoms with E-state index in [1.807, 2.05) is 45.9 Å². The van der Waals surface area contributed by atoms with Gasteiger partial charge in [-0.15, -0.1) is 0 Å². The maximum atomic E-state index is 2.16. The van der Waals surface area contributed by atoms with Gasteiger partial charge >= 0.3 is 0 Å². The van der Waals surface area contributed by atoms with Crippen molar-refractivity contribution in [1.82, 2.24) is 0 Å². The van der Waals surface area contributed by atoms with Gasteiger partial charge in [0, 0.05) is 0 Å². The number of rotatable bonds is 0. The average molecular weight is 539 g/mol. The number of hydrogen-bond donors (Lipinski definition) is 0. The third-order valence-corrected chi connectivity index (χ3v) is 5.38. The summed E-state index contributed by atoms with van der Waals surface area (Å²) in [5.74, 6) is 0. The van der Waals surface area contributed by atoms with Crippen LogP contribution in [0.15, 0.2) is 121 Å². The van der Waals surface area contributed by atoms with E-state index in [1.165, 1.54) is 44.2 Å². The minimum atomic E-state index is 0. The van der Waals surface area contributed by atoms with Gasteiger partial charge in [0.25, 0.3) is 0 Å². The SMILES string of the molecule is C.C.CC.CC.Cc1ccc(C)cc1.Cc1ccc(C)cc1.Cc1cccc2ccccc12.Cc1ccccc1. The van der Waals surface area contributed by atoms with Crippen molar-refractivity contribution < 1.29 is 0 Å². The maximum absolute atomic E-state index is 2.16. The van der Waals surface area contributed by atoms with Crippen molar-refractivity contribution in [2.75, 3.05) is 0 Å². The van der Waals surface area contributed by atoms with E-state index in [4.69, 9.17) is 0 Å². The normalized spacial score (nSPS) is 8.35. The summed E-state index contributed by atoms with van der Waals surface area (Å²) in [4.78, 5) is 0. The van der Waals surface area contributed by atoms with Gasteiger partial charge in [0.2, 0.25) is 0 Å². The van der Waals surface area contributed by atoms with E-state index < -0.39 is 0 Å². The molecular formula is C40H58. The first-order chi connectivity index (χ1) is 18.3. The summed E-state index contributed by atoms with van der Waals surface area (Å²) in [6, 6.07) is 42.1. The van der Waals surface area contributed by atoms with Gasteiger partial charge in [0.05, 0.1) is 0 Å². The molecule has 5 rings (SSSR count). The van der Waals surface area contributed by atoms with E-state index in [0.29, 0.717) is 0 Å². The summed E-state index contributed by atoms with van der Waals surface area (Å²) < 4.78 is 0. The number of aryl methyl sites for hydroxylation is 6. The zero-order valence-electron chi connectivity index (χ0n) is 25.5. The smallest absolute Gasteiger partial charge is 0.0155 e. The molecule has 0 saturated carbocycles. The Kier molecular flexibility index (Phi) is 26.2. The number of hydrogen-bond acceptors (Lipinski definition) is 0. The fourth-order valence-corrected chi connectivity index (χ4v) is 3.20. The van der Waals surface area contributed by atoms with Crippen molar-refractivity contribution in [3.05, 3.63) is 155 Å². The predicted molar refractivity (Wildman–Crippen MR) is 188 cm³/mol. The Morgan fingerprint density at radius 3 is 0.925 bits per heavy atom. The molecule has 218 valence electrons. The Morgan fingerprint density at radius 1 is 0.300 bits per heavy atom. The summed E-state index contributed by atoms with van der Waals surface area (Å²) in [5, 5.41) is 2.68. The second-order valence-electron chi connectivity index (χ2n) is 8.76. The summed E-state index contributed by atoms with van der Waals surface area (Å²) in [6.45, 7) is 20.6. The van der Waals surface area contributed by atoms with Gasteiger partial charge in [0.1, 0.15) is 0 Å². The van der Waals surface area contributed by atoms with Crippen LogP contribution < -0.4 is 0 Å². The molecule has 0 aliphatic rings. The van der Waals surface area contributed by atoms with Crippen molar-refractivity contribution in [2.45, 2.75) is 84.1 Å². The molecule has 0 heteroatoms. The summed E-state index contributed by atoms with van der Waals surface area (Å²) in [6.07, 6.45) is 0. The van der Waals surface area contributed by atoms with Gasteiger partial charge in [-0.1, -0.05) is 192 Å². The van der Waals surface area contributed by atoms with Crippen LogP contribution in [0, 0.1) is 41.5 Å². The molecule has 5 aromatic carbocycles. The molecule has 0 aliphatic carbocycles. The highest BCUT2D eigenvalue weighted by Gasteiger charge is 1.92. The van der Waals surface area contributed by atoms with Gasteiger partial charge in [-0.2, -0.15) is 0 Å². The first-order valence-electron chi connectivity index (χ1n) is 13.9. The van der Waals surface area contributed by atoms with Crippen LogP contribution >= 0.6 is 0 Å². The molecule has 0 atom stereocenters. The molecule has 0 unspecified atom stereocenters. The van der Waals surface area contributed by atoms with Crippen molar-refractivity contribution >= 4 is 10.8 Å². The van der Waals surface area contributed by atoms with Crippen molar-refractivity contribution in [2.24, 2.45) is 0 Å². The standard InChI is InChI=1S/C11H10.2C8H10.C7H8.2C2H6.2CH4/c1-9-5-4-7-10-6-2-3-8-11(9)10;2*1-7-3-5-8(2)6-4-7;1-7-5-3-2-4-6-7;2*1-2;;/h2-8H,1H3;2*3-6H,1-2H3;2-6H,1H3;2*1-2H3;2*1H4. The minimum absolute atomic E-state index is 0. The van der Waals surface area contributed by atoms with Crippen LogP contribution in [0.2, 0.25) is 0 Å². The Bertz CT molecular complexity index is 1120. The topological polar surface area (TPSA) is 0 Å². The lowest BCUT2D eigenvalue weighted by molar-refractivity contribution is 1.40. The van der Waals surface area contributed by atoms with Crippen LogP contribution in [0.4, 0.5) is 0 Å². The highest BCUT2D eigenvalue weighted by Crippen LogP contribution is 2.16. The second kappa shape index (κ2) is 25.6. The molecule has 0 N–H and O–H groups in total. The minimum Gasteiger partial charge on any atom is -0.0776 e. The monoisotopic (exact) mass is 538 g/mol. The number of fused-ring (bicyclic) bond motifs is 1. The van der Waals surface area contributed by atoms with Crippen LogP contribution in [0.25, 0.3) is 10.8 Å². The summed E-state index contributed by atoms with van der Waals surface area (Å²) >= 11 is 0. The van der Waals surface area contributed by atoms with Crippen LogP contribution in [0.3, 0.4) is 0 Å². The van der Waals surface area contributed by atoms with E-state index in [2.05, 4.69) is 145 Å². The Labute approximate surface area is 249 Å². The molecule has 0 aliphatic heterocycles. The van der Waals surface area contributed by atoms with Gasteiger partial charge < -0.3 is 0 Å². The highest BCUT2D eigenvalue weighted by atomic mass is 14.0. The lowest BCUT2D eigenvalue weighted by Crippen LogP contribution is -1.75. The second-order valence-corrected chi connectivity index (χ2v) is 8.76. The van der Waals surface area contributed by atoms with E-state index in [1.54, 1.807) is 0 Å². The highest BCUT2D eigenvalue weighted by molar-refractivity contribution is 5.85. The molecule has 0 aromatic heterocycles. The van der Waals surface area contributed by atoms with E-state index >= 15 is 0 Å². The van der Waals surface area contributed by atoms with E-state index in [-0.39, 0.29) is 14.9 Å². The van der Waals surface area contributed by atoms with E-state index in [0.717, 1.165) is 0 Å². The molecule has 0 radical (unpaired) electrons. The third kappa shape index (κ3) is 18.6. The first kappa shape index (κ1) is 40.9. The lowest BCUT2D eigenvalue weighted by Gasteiger charge is -1.98. The third-order valence-electron chi connectivity index (χ3n) is 5.38. The van der Waals surface area contributed by atoms with Gasteiger partial charge in [0.15, 0.2) is 0 Å². The zero-order chi connectivity index (χ0) is 28.8. The molecule has 40 heavy (non-hydrogen) atoms. The Morgan fingerprint density at radius 2 is 0.600 bits per heavy atom. The summed E-state index contributed by atoms with van der Waals surface area (Å²) in [7, 11) is 0. The molecule has 0 bridgehead atoms. The molecule has 0 saturated heterocycles. The van der Waals surface area contributed by atoms with E-state index in [9.17, 15) is 0 Å². The fraction of sp³-hybridized carbons (Fsp3) is 0.300. The Hall–Kier alpha value is -3.64. The van der Waals surface area contributed by atoms with Crippen molar-refractivity contribution in [3.8, 4) is 0 Å². The van der Waals surface area contributed by atoms with Gasteiger partial charge in [-0.25, -0.2) is 0 Å². The largest absolute Gasteiger partial charge is 0.0776 e. The predicted octanol–water partition coefficient (Wildman–Crippen LogP) is 13.1. The fourth-order valence-electron chi connectivity index (χ4n) is 3.20. The zero-order valence-corrected chi connectivity index (χ0v) is 25.5. The van der Waals surface area contributed by atoms with Crippen molar-refractivity contribution in [1.29, 1.82) is 0 Å². The quantitative estimate of drug-likeness (QED) is 0.184. The Balaban J connectivity index is -0.000000436. The van der Waals surface area contributed by atoms with Crippen LogP contribution in [-0.4, -0.2) is 0 Å².